The molecule has 1 saturated heterocycles. The minimum atomic E-state index is -0.918. The molecular formula is C19H23FN2O4. The van der Waals surface area contributed by atoms with E-state index >= 15 is 0 Å². The molecule has 2 amide bonds. The van der Waals surface area contributed by atoms with E-state index in [0.29, 0.717) is 31.5 Å². The van der Waals surface area contributed by atoms with Gasteiger partial charge in [-0.05, 0) is 50.5 Å². The second-order valence-corrected chi connectivity index (χ2v) is 7.35. The van der Waals surface area contributed by atoms with E-state index in [1.54, 1.807) is 6.92 Å². The number of carbonyl (C=O) groups is 3. The van der Waals surface area contributed by atoms with Crippen molar-refractivity contribution in [2.24, 2.45) is 11.8 Å². The van der Waals surface area contributed by atoms with Crippen LogP contribution < -0.4 is 10.2 Å². The zero-order chi connectivity index (χ0) is 18.9. The minimum absolute atomic E-state index is 0.333. The molecule has 0 radical (unpaired) electrons. The number of hydrogen-bond donors (Lipinski definition) is 2. The molecule has 2 aliphatic rings. The summed E-state index contributed by atoms with van der Waals surface area (Å²) < 4.78 is 13.1. The summed E-state index contributed by atoms with van der Waals surface area (Å²) >= 11 is 0. The van der Waals surface area contributed by atoms with Crippen LogP contribution in [0.2, 0.25) is 0 Å². The van der Waals surface area contributed by atoms with E-state index in [1.807, 2.05) is 0 Å². The number of carboxylic acid groups (broad SMARTS) is 1. The number of hydrogen-bond acceptors (Lipinski definition) is 3. The molecule has 140 valence electrons. The maximum Gasteiger partial charge on any atom is 0.308 e. The molecule has 6 nitrogen and oxygen atoms in total. The van der Waals surface area contributed by atoms with Crippen molar-refractivity contribution in [1.29, 1.82) is 0 Å². The first kappa shape index (κ1) is 18.4. The van der Waals surface area contributed by atoms with Crippen LogP contribution in [0.5, 0.6) is 0 Å². The normalized spacial score (nSPS) is 28.8. The van der Waals surface area contributed by atoms with E-state index in [9.17, 15) is 23.9 Å². The molecule has 1 heterocycles. The third kappa shape index (κ3) is 3.43. The van der Waals surface area contributed by atoms with Crippen molar-refractivity contribution in [2.45, 2.75) is 44.6 Å². The number of rotatable bonds is 4. The third-order valence-electron chi connectivity index (χ3n) is 5.58. The molecule has 3 atom stereocenters. The van der Waals surface area contributed by atoms with Gasteiger partial charge < -0.3 is 15.3 Å². The van der Waals surface area contributed by atoms with Crippen molar-refractivity contribution in [1.82, 2.24) is 5.32 Å². The van der Waals surface area contributed by atoms with Crippen LogP contribution in [-0.4, -0.2) is 35.0 Å². The molecule has 1 aromatic carbocycles. The number of nitrogens with one attached hydrogen (secondary N) is 1. The van der Waals surface area contributed by atoms with Crippen LogP contribution in [0.15, 0.2) is 24.3 Å². The van der Waals surface area contributed by atoms with E-state index in [0.717, 1.165) is 12.8 Å². The fourth-order valence-corrected chi connectivity index (χ4v) is 4.05. The molecule has 1 saturated carbocycles. The Kier molecular flexibility index (Phi) is 4.98. The van der Waals surface area contributed by atoms with Crippen molar-refractivity contribution in [3.05, 3.63) is 30.1 Å². The van der Waals surface area contributed by atoms with Gasteiger partial charge in [0, 0.05) is 12.2 Å². The Balaban J connectivity index is 1.71. The molecule has 0 aromatic heterocycles. The first-order valence-corrected chi connectivity index (χ1v) is 8.93. The van der Waals surface area contributed by atoms with Gasteiger partial charge in [-0.15, -0.1) is 0 Å². The number of aliphatic carboxylic acids is 1. The lowest BCUT2D eigenvalue weighted by Crippen LogP contribution is -2.57. The lowest BCUT2D eigenvalue weighted by molar-refractivity contribution is -0.147. The van der Waals surface area contributed by atoms with Gasteiger partial charge in [0.2, 0.25) is 11.8 Å². The van der Waals surface area contributed by atoms with Gasteiger partial charge >= 0.3 is 5.97 Å². The Morgan fingerprint density at radius 1 is 1.23 bits per heavy atom. The summed E-state index contributed by atoms with van der Waals surface area (Å²) in [5.41, 5.74) is -0.288. The van der Waals surface area contributed by atoms with Crippen molar-refractivity contribution >= 4 is 23.5 Å². The quantitative estimate of drug-likeness (QED) is 0.805. The monoisotopic (exact) mass is 362 g/mol. The van der Waals surface area contributed by atoms with E-state index in [1.165, 1.54) is 29.2 Å². The van der Waals surface area contributed by atoms with Crippen molar-refractivity contribution < 1.29 is 23.9 Å². The molecule has 26 heavy (non-hydrogen) atoms. The van der Waals surface area contributed by atoms with Gasteiger partial charge in [-0.3, -0.25) is 14.4 Å². The Morgan fingerprint density at radius 3 is 2.58 bits per heavy atom. The SMILES string of the molecule is CC1(NC(=O)C2CCN(c3ccc(F)cc3)C2=O)CCCCC1C(=O)O. The molecule has 2 N–H and O–H groups in total. The second-order valence-electron chi connectivity index (χ2n) is 7.35. The van der Waals surface area contributed by atoms with Gasteiger partial charge in [-0.25, -0.2) is 4.39 Å². The average Bonchev–Trinajstić information content (AvgIpc) is 2.97. The predicted molar refractivity (Wildman–Crippen MR) is 93.0 cm³/mol. The van der Waals surface area contributed by atoms with Gasteiger partial charge in [0.25, 0.3) is 0 Å². The Morgan fingerprint density at radius 2 is 1.92 bits per heavy atom. The molecule has 0 bridgehead atoms. The van der Waals surface area contributed by atoms with Crippen LogP contribution in [0.1, 0.15) is 39.0 Å². The lowest BCUT2D eigenvalue weighted by atomic mass is 9.73. The number of carbonyl (C=O) groups excluding carboxylic acids is 2. The van der Waals surface area contributed by atoms with Crippen molar-refractivity contribution in [3.8, 4) is 0 Å². The Bertz CT molecular complexity index is 721. The summed E-state index contributed by atoms with van der Waals surface area (Å²) in [7, 11) is 0. The zero-order valence-corrected chi connectivity index (χ0v) is 14.7. The first-order chi connectivity index (χ1) is 12.3. The van der Waals surface area contributed by atoms with Crippen LogP contribution >= 0.6 is 0 Å². The molecule has 0 spiro atoms. The van der Waals surface area contributed by atoms with Crippen LogP contribution in [0.4, 0.5) is 10.1 Å². The summed E-state index contributed by atoms with van der Waals surface area (Å²) in [6.45, 7) is 2.13. The molecule has 1 aliphatic carbocycles. The van der Waals surface area contributed by atoms with Gasteiger partial charge in [-0.1, -0.05) is 12.8 Å². The van der Waals surface area contributed by atoms with E-state index in [2.05, 4.69) is 5.32 Å². The topological polar surface area (TPSA) is 86.7 Å². The molecule has 2 fully saturated rings. The van der Waals surface area contributed by atoms with E-state index in [4.69, 9.17) is 0 Å². The predicted octanol–water partition coefficient (Wildman–Crippen LogP) is 2.33. The van der Waals surface area contributed by atoms with Gasteiger partial charge in [0.1, 0.15) is 11.7 Å². The van der Waals surface area contributed by atoms with E-state index in [-0.39, 0.29) is 11.7 Å². The average molecular weight is 362 g/mol. The summed E-state index contributed by atoms with van der Waals surface area (Å²) in [6.07, 6.45) is 3.13. The van der Waals surface area contributed by atoms with Gasteiger partial charge in [0.05, 0.1) is 11.5 Å². The second kappa shape index (κ2) is 7.05. The summed E-state index contributed by atoms with van der Waals surface area (Å²) in [4.78, 5) is 38.4. The van der Waals surface area contributed by atoms with Crippen molar-refractivity contribution in [3.63, 3.8) is 0 Å². The number of benzene rings is 1. The molecule has 1 aromatic rings. The fourth-order valence-electron chi connectivity index (χ4n) is 4.05. The Hall–Kier alpha value is -2.44. The molecular weight excluding hydrogens is 339 g/mol. The van der Waals surface area contributed by atoms with Crippen LogP contribution in [0, 0.1) is 17.7 Å². The highest BCUT2D eigenvalue weighted by Gasteiger charge is 2.45. The molecule has 3 unspecified atom stereocenters. The number of nitrogens with zero attached hydrogens (tertiary/aromatic N) is 1. The zero-order valence-electron chi connectivity index (χ0n) is 14.7. The number of anilines is 1. The fraction of sp³-hybridized carbons (Fsp3) is 0.526. The number of halogens is 1. The minimum Gasteiger partial charge on any atom is -0.481 e. The standard InChI is InChI=1S/C19H23FN2O4/c1-19(10-3-2-4-15(19)18(25)26)21-16(23)14-9-11-22(17(14)24)13-7-5-12(20)6-8-13/h5-8,14-15H,2-4,9-11H2,1H3,(H,21,23)(H,25,26). The number of carboxylic acids is 1. The highest BCUT2D eigenvalue weighted by Crippen LogP contribution is 2.35. The molecule has 7 heteroatoms. The third-order valence-corrected chi connectivity index (χ3v) is 5.58. The largest absolute Gasteiger partial charge is 0.481 e. The highest BCUT2D eigenvalue weighted by molar-refractivity contribution is 6.09. The van der Waals surface area contributed by atoms with E-state index < -0.39 is 29.3 Å². The first-order valence-electron chi connectivity index (χ1n) is 8.93. The molecule has 1 aliphatic heterocycles. The lowest BCUT2D eigenvalue weighted by Gasteiger charge is -2.40. The Labute approximate surface area is 151 Å². The smallest absolute Gasteiger partial charge is 0.308 e. The van der Waals surface area contributed by atoms with Crippen LogP contribution in [0.25, 0.3) is 0 Å². The molecule has 3 rings (SSSR count). The summed E-state index contributed by atoms with van der Waals surface area (Å²) in [5.74, 6) is -3.55. The summed E-state index contributed by atoms with van der Waals surface area (Å²) in [6, 6.07) is 5.57. The summed E-state index contributed by atoms with van der Waals surface area (Å²) in [5, 5.41) is 12.3. The maximum atomic E-state index is 13.1. The van der Waals surface area contributed by atoms with Crippen LogP contribution in [0.3, 0.4) is 0 Å². The van der Waals surface area contributed by atoms with Gasteiger partial charge in [0.15, 0.2) is 0 Å². The van der Waals surface area contributed by atoms with Gasteiger partial charge in [-0.2, -0.15) is 0 Å². The highest BCUT2D eigenvalue weighted by atomic mass is 19.1. The maximum absolute atomic E-state index is 13.1. The van der Waals surface area contributed by atoms with Crippen molar-refractivity contribution in [2.75, 3.05) is 11.4 Å². The van der Waals surface area contributed by atoms with Crippen LogP contribution in [-0.2, 0) is 14.4 Å². The number of amides is 2.